The number of benzene rings is 1. The number of nitrogens with zero attached hydrogens (tertiary/aromatic N) is 1. The van der Waals surface area contributed by atoms with Crippen LogP contribution in [0.15, 0.2) is 47.1 Å². The monoisotopic (exact) mass is 313 g/mol. The molecule has 1 aromatic carbocycles. The fourth-order valence-electron chi connectivity index (χ4n) is 3.07. The molecule has 0 bridgehead atoms. The summed E-state index contributed by atoms with van der Waals surface area (Å²) in [5.41, 5.74) is 1.32. The summed E-state index contributed by atoms with van der Waals surface area (Å²) < 4.78 is 5.12. The maximum absolute atomic E-state index is 12.5. The number of hydrogen-bond acceptors (Lipinski definition) is 3. The highest BCUT2D eigenvalue weighted by Crippen LogP contribution is 2.28. The van der Waals surface area contributed by atoms with Crippen molar-refractivity contribution in [1.29, 1.82) is 0 Å². The molecule has 5 nitrogen and oxygen atoms in total. The highest BCUT2D eigenvalue weighted by atomic mass is 16.4. The molecule has 3 rings (SSSR count). The molecular weight excluding hydrogens is 294 g/mol. The van der Waals surface area contributed by atoms with Gasteiger partial charge in [-0.1, -0.05) is 30.3 Å². The molecule has 0 aliphatic carbocycles. The third kappa shape index (κ3) is 3.44. The van der Waals surface area contributed by atoms with Crippen LogP contribution in [0, 0.1) is 0 Å². The molecule has 0 spiro atoms. The van der Waals surface area contributed by atoms with E-state index in [0.717, 1.165) is 25.5 Å². The van der Waals surface area contributed by atoms with Gasteiger partial charge in [0, 0.05) is 19.2 Å². The van der Waals surface area contributed by atoms with Crippen molar-refractivity contribution in [2.45, 2.75) is 25.2 Å². The molecule has 2 heterocycles. The number of furan rings is 1. The minimum absolute atomic E-state index is 0.00494. The first-order valence-electron chi connectivity index (χ1n) is 7.81. The van der Waals surface area contributed by atoms with Crippen molar-refractivity contribution in [3.63, 3.8) is 0 Å². The third-order valence-corrected chi connectivity index (χ3v) is 4.34. The smallest absolute Gasteiger partial charge is 0.338 e. The number of carboxylic acids is 1. The predicted octanol–water partition coefficient (Wildman–Crippen LogP) is 3.39. The summed E-state index contributed by atoms with van der Waals surface area (Å²) in [6, 6.07) is 11.7. The number of carboxylic acid groups (broad SMARTS) is 1. The van der Waals surface area contributed by atoms with Crippen molar-refractivity contribution >= 4 is 11.9 Å². The van der Waals surface area contributed by atoms with E-state index in [4.69, 9.17) is 9.52 Å². The van der Waals surface area contributed by atoms with E-state index >= 15 is 0 Å². The van der Waals surface area contributed by atoms with E-state index in [0.29, 0.717) is 19.0 Å². The maximum atomic E-state index is 12.5. The first kappa shape index (κ1) is 15.3. The number of likely N-dealkylation sites (tertiary alicyclic amines) is 1. The van der Waals surface area contributed by atoms with Crippen LogP contribution in [-0.4, -0.2) is 35.0 Å². The second-order valence-corrected chi connectivity index (χ2v) is 5.84. The van der Waals surface area contributed by atoms with E-state index < -0.39 is 5.97 Å². The highest BCUT2D eigenvalue weighted by Gasteiger charge is 2.25. The quantitative estimate of drug-likeness (QED) is 0.943. The normalized spacial score (nSPS) is 18.4. The zero-order valence-corrected chi connectivity index (χ0v) is 12.8. The number of aromatic carboxylic acids is 1. The molecule has 1 amide bonds. The van der Waals surface area contributed by atoms with Gasteiger partial charge in [-0.3, -0.25) is 4.79 Å². The van der Waals surface area contributed by atoms with Crippen molar-refractivity contribution in [3.05, 3.63) is 59.5 Å². The van der Waals surface area contributed by atoms with Crippen LogP contribution < -0.4 is 0 Å². The maximum Gasteiger partial charge on any atom is 0.338 e. The van der Waals surface area contributed by atoms with Crippen LogP contribution in [0.1, 0.15) is 51.7 Å². The molecule has 0 radical (unpaired) electrons. The summed E-state index contributed by atoms with van der Waals surface area (Å²) in [6.45, 7) is 1.33. The van der Waals surface area contributed by atoms with Gasteiger partial charge in [0.15, 0.2) is 5.76 Å². The number of carbonyl (C=O) groups excluding carboxylic acids is 1. The van der Waals surface area contributed by atoms with Crippen molar-refractivity contribution in [3.8, 4) is 0 Å². The first-order chi connectivity index (χ1) is 11.1. The van der Waals surface area contributed by atoms with Crippen molar-refractivity contribution in [2.75, 3.05) is 13.1 Å². The van der Waals surface area contributed by atoms with Gasteiger partial charge < -0.3 is 14.4 Å². The second kappa shape index (κ2) is 6.69. The van der Waals surface area contributed by atoms with Gasteiger partial charge in [-0.2, -0.15) is 0 Å². The summed E-state index contributed by atoms with van der Waals surface area (Å²) >= 11 is 0. The fourth-order valence-corrected chi connectivity index (χ4v) is 3.07. The van der Waals surface area contributed by atoms with E-state index in [2.05, 4.69) is 12.1 Å². The zero-order chi connectivity index (χ0) is 16.2. The summed E-state index contributed by atoms with van der Waals surface area (Å²) in [4.78, 5) is 25.1. The summed E-state index contributed by atoms with van der Waals surface area (Å²) in [7, 11) is 0. The third-order valence-electron chi connectivity index (χ3n) is 4.34. The van der Waals surface area contributed by atoms with Gasteiger partial charge in [0.05, 0.1) is 5.56 Å². The molecule has 1 aromatic heterocycles. The minimum Gasteiger partial charge on any atom is -0.478 e. The van der Waals surface area contributed by atoms with Crippen LogP contribution >= 0.6 is 0 Å². The van der Waals surface area contributed by atoms with Gasteiger partial charge in [0.1, 0.15) is 6.26 Å². The molecule has 1 unspecified atom stereocenters. The van der Waals surface area contributed by atoms with Crippen LogP contribution in [0.2, 0.25) is 0 Å². The molecule has 120 valence electrons. The predicted molar refractivity (Wildman–Crippen MR) is 84.6 cm³/mol. The number of amides is 1. The summed E-state index contributed by atoms with van der Waals surface area (Å²) in [5, 5.41) is 8.91. The Kier molecular flexibility index (Phi) is 4.46. The number of rotatable bonds is 3. The van der Waals surface area contributed by atoms with Gasteiger partial charge >= 0.3 is 5.97 Å². The lowest BCUT2D eigenvalue weighted by Gasteiger charge is -2.19. The topological polar surface area (TPSA) is 70.7 Å². The molecule has 1 N–H and O–H groups in total. The molecule has 1 saturated heterocycles. The average molecular weight is 313 g/mol. The molecule has 1 fully saturated rings. The van der Waals surface area contributed by atoms with E-state index in [1.807, 2.05) is 18.2 Å². The molecule has 1 aliphatic rings. The Morgan fingerprint density at radius 3 is 2.61 bits per heavy atom. The second-order valence-electron chi connectivity index (χ2n) is 5.84. The Hall–Kier alpha value is -2.56. The molecule has 0 saturated carbocycles. The lowest BCUT2D eigenvalue weighted by molar-refractivity contribution is 0.0694. The van der Waals surface area contributed by atoms with E-state index in [1.54, 1.807) is 4.90 Å². The number of hydrogen-bond donors (Lipinski definition) is 1. The molecule has 23 heavy (non-hydrogen) atoms. The Morgan fingerprint density at radius 2 is 1.91 bits per heavy atom. The highest BCUT2D eigenvalue weighted by molar-refractivity contribution is 5.95. The van der Waals surface area contributed by atoms with Gasteiger partial charge in [-0.05, 0) is 30.7 Å². The Balaban J connectivity index is 1.67. The molecular formula is C18H19NO4. The fraction of sp³-hybridized carbons (Fsp3) is 0.333. The Bertz CT molecular complexity index is 692. The average Bonchev–Trinajstić information content (AvgIpc) is 2.94. The van der Waals surface area contributed by atoms with Crippen molar-refractivity contribution in [2.24, 2.45) is 0 Å². The van der Waals surface area contributed by atoms with Crippen molar-refractivity contribution < 1.29 is 19.1 Å². The SMILES string of the molecule is O=C(O)c1coc(C(=O)N2CCCC(c3ccccc3)CC2)c1. The zero-order valence-electron chi connectivity index (χ0n) is 12.8. The molecule has 1 atom stereocenters. The van der Waals surface area contributed by atoms with Crippen LogP contribution in [0.3, 0.4) is 0 Å². The van der Waals surface area contributed by atoms with Crippen LogP contribution in [0.5, 0.6) is 0 Å². The van der Waals surface area contributed by atoms with Gasteiger partial charge in [0.25, 0.3) is 5.91 Å². The minimum atomic E-state index is -1.09. The van der Waals surface area contributed by atoms with Crippen LogP contribution in [0.4, 0.5) is 0 Å². The van der Waals surface area contributed by atoms with E-state index in [9.17, 15) is 9.59 Å². The van der Waals surface area contributed by atoms with Crippen LogP contribution in [0.25, 0.3) is 0 Å². The Morgan fingerprint density at radius 1 is 1.13 bits per heavy atom. The summed E-state index contributed by atoms with van der Waals surface area (Å²) in [5.74, 6) is -0.764. The van der Waals surface area contributed by atoms with Gasteiger partial charge in [-0.15, -0.1) is 0 Å². The number of carbonyl (C=O) groups is 2. The largest absolute Gasteiger partial charge is 0.478 e. The molecule has 2 aromatic rings. The van der Waals surface area contributed by atoms with Gasteiger partial charge in [0.2, 0.25) is 0 Å². The summed E-state index contributed by atoms with van der Waals surface area (Å²) in [6.07, 6.45) is 3.99. The lowest BCUT2D eigenvalue weighted by Crippen LogP contribution is -2.31. The van der Waals surface area contributed by atoms with Gasteiger partial charge in [-0.25, -0.2) is 4.79 Å². The molecule has 1 aliphatic heterocycles. The standard InChI is InChI=1S/C18H19NO4/c20-17(16-11-15(12-23-16)18(21)22)19-9-4-7-14(8-10-19)13-5-2-1-3-6-13/h1-3,5-6,11-12,14H,4,7-10H2,(H,21,22). The van der Waals surface area contributed by atoms with Crippen LogP contribution in [-0.2, 0) is 0 Å². The van der Waals surface area contributed by atoms with E-state index in [-0.39, 0.29) is 17.2 Å². The Labute approximate surface area is 134 Å². The first-order valence-corrected chi connectivity index (χ1v) is 7.81. The lowest BCUT2D eigenvalue weighted by atomic mass is 9.92. The van der Waals surface area contributed by atoms with Crippen molar-refractivity contribution in [1.82, 2.24) is 4.90 Å². The molecule has 5 heteroatoms. The van der Waals surface area contributed by atoms with E-state index in [1.165, 1.54) is 11.6 Å².